The second kappa shape index (κ2) is 30.6. The van der Waals surface area contributed by atoms with Gasteiger partial charge in [0.05, 0.1) is 33.8 Å². The quantitative estimate of drug-likeness (QED) is 0.0136. The first-order chi connectivity index (χ1) is 30.6. The normalized spacial score (nSPS) is 15.4. The van der Waals surface area contributed by atoms with Gasteiger partial charge in [0.25, 0.3) is 0 Å². The van der Waals surface area contributed by atoms with E-state index in [-0.39, 0.29) is 44.7 Å². The summed E-state index contributed by atoms with van der Waals surface area (Å²) in [5, 5.41) is 33.4. The van der Waals surface area contributed by atoms with Gasteiger partial charge in [-0.2, -0.15) is 0 Å². The molecule has 378 valence electrons. The number of amides is 9. The van der Waals surface area contributed by atoms with Crippen molar-refractivity contribution in [3.05, 3.63) is 0 Å². The second-order valence-corrected chi connectivity index (χ2v) is 17.9. The molecule has 0 aliphatic rings. The minimum Gasteiger partial charge on any atom is -0.391 e. The van der Waals surface area contributed by atoms with E-state index in [4.69, 9.17) is 17.2 Å². The van der Waals surface area contributed by atoms with Crippen LogP contribution in [0.15, 0.2) is 4.99 Å². The highest BCUT2D eigenvalue weighted by Crippen LogP contribution is 2.10. The lowest BCUT2D eigenvalue weighted by molar-refractivity contribution is -0.870. The predicted molar refractivity (Wildman–Crippen MR) is 248 cm³/mol. The van der Waals surface area contributed by atoms with E-state index in [1.165, 1.54) is 41.7 Å². The molecule has 0 saturated heterocycles. The van der Waals surface area contributed by atoms with E-state index in [9.17, 15) is 48.3 Å². The Balaban J connectivity index is 6.31. The topological polar surface area (TPSA) is 373 Å². The third kappa shape index (κ3) is 24.6. The van der Waals surface area contributed by atoms with Gasteiger partial charge in [-0.25, -0.2) is 0 Å². The molecule has 24 nitrogen and oxygen atoms in total. The molecular formula is C42H81N14O10+. The van der Waals surface area contributed by atoms with Crippen LogP contribution in [0.4, 0.5) is 0 Å². The minimum absolute atomic E-state index is 0.0232. The predicted octanol–water partition coefficient (Wildman–Crippen LogP) is -4.21. The molecule has 16 N–H and O–H groups in total. The van der Waals surface area contributed by atoms with Gasteiger partial charge in [-0.3, -0.25) is 48.1 Å². The van der Waals surface area contributed by atoms with Gasteiger partial charge in [0.2, 0.25) is 53.2 Å². The first-order valence-corrected chi connectivity index (χ1v) is 22.5. The number of quaternary nitrogens is 1. The van der Waals surface area contributed by atoms with Crippen molar-refractivity contribution in [2.24, 2.45) is 28.1 Å². The Morgan fingerprint density at radius 3 is 1.42 bits per heavy atom. The zero-order chi connectivity index (χ0) is 50.9. The van der Waals surface area contributed by atoms with E-state index >= 15 is 0 Å². The number of nitrogens with zero attached hydrogens (tertiary/aromatic N) is 2. The van der Waals surface area contributed by atoms with Gasteiger partial charge in [0, 0.05) is 20.5 Å². The Bertz CT molecular complexity index is 1650. The smallest absolute Gasteiger partial charge is 0.245 e. The number of aliphatic hydroxyl groups is 1. The van der Waals surface area contributed by atoms with Gasteiger partial charge in [-0.05, 0) is 91.5 Å². The van der Waals surface area contributed by atoms with Gasteiger partial charge in [0.1, 0.15) is 48.3 Å². The first-order valence-electron chi connectivity index (χ1n) is 22.5. The number of carbonyl (C=O) groups excluding carboxylic acids is 9. The lowest BCUT2D eigenvalue weighted by atomic mass is 10.0. The summed E-state index contributed by atoms with van der Waals surface area (Å²) in [7, 11) is 7.51. The van der Waals surface area contributed by atoms with Crippen LogP contribution in [0.2, 0.25) is 0 Å². The number of nitrogens with one attached hydrogen (secondary N) is 9. The number of aliphatic imine (C=N–C) groups is 1. The van der Waals surface area contributed by atoms with E-state index in [0.29, 0.717) is 23.7 Å². The van der Waals surface area contributed by atoms with Gasteiger partial charge in [-0.15, -0.1) is 0 Å². The maximum absolute atomic E-state index is 13.9. The van der Waals surface area contributed by atoms with Crippen LogP contribution in [0.25, 0.3) is 0 Å². The largest absolute Gasteiger partial charge is 0.391 e. The van der Waals surface area contributed by atoms with Crippen LogP contribution in [0.3, 0.4) is 0 Å². The summed E-state index contributed by atoms with van der Waals surface area (Å²) in [6.45, 7) is 11.2. The number of rotatable bonds is 31. The molecule has 0 aliphatic carbocycles. The van der Waals surface area contributed by atoms with Crippen molar-refractivity contribution in [2.45, 2.75) is 154 Å². The molecule has 0 saturated carbocycles. The highest BCUT2D eigenvalue weighted by atomic mass is 16.3. The van der Waals surface area contributed by atoms with E-state index in [1.807, 2.05) is 21.1 Å². The maximum Gasteiger partial charge on any atom is 0.245 e. The fraction of sp³-hybridized carbons (Fsp3) is 0.762. The minimum atomic E-state index is -1.52. The molecule has 9 atom stereocenters. The molecular weight excluding hydrogens is 861 g/mol. The lowest BCUT2D eigenvalue weighted by Gasteiger charge is -2.29. The number of hydrogen-bond donors (Lipinski definition) is 13. The molecule has 0 fully saturated rings. The first kappa shape index (κ1) is 60.4. The molecule has 0 bridgehead atoms. The Morgan fingerprint density at radius 1 is 0.530 bits per heavy atom. The van der Waals surface area contributed by atoms with E-state index in [2.05, 4.69) is 52.8 Å². The zero-order valence-electron chi connectivity index (χ0n) is 40.8. The van der Waals surface area contributed by atoms with Crippen LogP contribution < -0.4 is 65.1 Å². The van der Waals surface area contributed by atoms with Crippen molar-refractivity contribution in [2.75, 3.05) is 47.8 Å². The third-order valence-corrected chi connectivity index (χ3v) is 10.2. The van der Waals surface area contributed by atoms with Gasteiger partial charge in [-0.1, -0.05) is 13.8 Å². The average molecular weight is 942 g/mol. The fourth-order valence-electron chi connectivity index (χ4n) is 6.38. The molecule has 0 aromatic rings. The number of nitrogens with two attached hydrogens (primary N) is 3. The Hall–Kier alpha value is -5.62. The number of carbonyl (C=O) groups is 9. The Kier molecular flexibility index (Phi) is 28.0. The summed E-state index contributed by atoms with van der Waals surface area (Å²) in [5.41, 5.74) is 16.6. The van der Waals surface area contributed by atoms with Gasteiger partial charge >= 0.3 is 0 Å². The Labute approximate surface area is 389 Å². The van der Waals surface area contributed by atoms with E-state index in [0.717, 1.165) is 13.0 Å². The Morgan fingerprint density at radius 2 is 0.939 bits per heavy atom. The zero-order valence-corrected chi connectivity index (χ0v) is 40.8. The molecule has 0 aliphatic heterocycles. The monoisotopic (exact) mass is 942 g/mol. The summed E-state index contributed by atoms with van der Waals surface area (Å²) in [6.07, 6.45) is 1.30. The summed E-state index contributed by atoms with van der Waals surface area (Å²) in [5.74, 6) is -6.93. The van der Waals surface area contributed by atoms with Crippen LogP contribution in [-0.4, -0.2) is 171 Å². The van der Waals surface area contributed by atoms with Crippen molar-refractivity contribution in [1.29, 1.82) is 0 Å². The highest BCUT2D eigenvalue weighted by Gasteiger charge is 2.35. The van der Waals surface area contributed by atoms with E-state index in [1.54, 1.807) is 13.8 Å². The number of guanidine groups is 1. The van der Waals surface area contributed by atoms with Gasteiger partial charge in [0.15, 0.2) is 5.96 Å². The number of hydrogen-bond acceptors (Lipinski definition) is 12. The molecule has 0 radical (unpaired) electrons. The van der Waals surface area contributed by atoms with Crippen LogP contribution in [-0.2, 0) is 43.2 Å². The second-order valence-electron chi connectivity index (χ2n) is 17.9. The van der Waals surface area contributed by atoms with Gasteiger partial charge < -0.3 is 74.6 Å². The molecule has 66 heavy (non-hydrogen) atoms. The third-order valence-electron chi connectivity index (χ3n) is 10.2. The molecule has 0 rings (SSSR count). The average Bonchev–Trinajstić information content (AvgIpc) is 3.21. The van der Waals surface area contributed by atoms with Crippen molar-refractivity contribution in [3.63, 3.8) is 0 Å². The molecule has 0 heterocycles. The summed E-state index contributed by atoms with van der Waals surface area (Å²) >= 11 is 0. The number of aliphatic hydroxyl groups excluding tert-OH is 1. The van der Waals surface area contributed by atoms with Crippen molar-refractivity contribution in [3.8, 4) is 0 Å². The fourth-order valence-corrected chi connectivity index (χ4v) is 6.38. The van der Waals surface area contributed by atoms with Crippen LogP contribution >= 0.6 is 0 Å². The molecule has 0 aromatic carbocycles. The van der Waals surface area contributed by atoms with Crippen LogP contribution in [0.1, 0.15) is 99.8 Å². The van der Waals surface area contributed by atoms with Crippen molar-refractivity contribution < 1.29 is 52.7 Å². The molecule has 24 heteroatoms. The standard InChI is InChI=1S/C42H80N14O10/c1-23(2)32(54-39(64)30(17-12-14-20-43)53-41(66)33(27(6)57)55-36(61)25(4)48-28(7)58)40(65)50-26(5)35(60)51-31(19-16-21-47-42(44)45)38(63)52-29(18-13-15-22-56(9,10)11)37(62)49-24(3)34(59)46-8/h23-27,29-33,57H,12-22,43H2,1-11H3,(H12-,44,45,46,47,48,49,50,51,52,53,54,55,58,59,60,61,62,63,64,65,66)/p+1/t24-,25-,26-,27+,29-,30-,31-,32-,33-/m0/s1. The highest BCUT2D eigenvalue weighted by molar-refractivity contribution is 5.98. The number of unbranched alkanes of at least 4 members (excludes halogenated alkanes) is 2. The summed E-state index contributed by atoms with van der Waals surface area (Å²) in [4.78, 5) is 122. The summed E-state index contributed by atoms with van der Waals surface area (Å²) in [6, 6.07) is -9.50. The van der Waals surface area contributed by atoms with Crippen molar-refractivity contribution in [1.82, 2.24) is 47.9 Å². The molecule has 0 aromatic heterocycles. The molecule has 9 amide bonds. The molecule has 0 unspecified atom stereocenters. The maximum atomic E-state index is 13.9. The number of likely N-dealkylation sites (N-methyl/N-ethyl adjacent to an activating group) is 1. The molecule has 0 spiro atoms. The van der Waals surface area contributed by atoms with Crippen LogP contribution in [0, 0.1) is 5.92 Å². The summed E-state index contributed by atoms with van der Waals surface area (Å²) < 4.78 is 0.685. The lowest BCUT2D eigenvalue weighted by Crippen LogP contribution is -2.61. The SMILES string of the molecule is CNC(=O)[C@H](C)NC(=O)[C@H](CCCC[N+](C)(C)C)NC(=O)[C@H](CCCN=C(N)N)NC(=O)[C@H](C)NC(=O)[C@@H](NC(=O)[C@H](CCCCN)NC(=O)[C@@H](NC(=O)[C@H](C)NC(C)=O)[C@@H](C)O)C(C)C. The van der Waals surface area contributed by atoms with E-state index < -0.39 is 114 Å². The van der Waals surface area contributed by atoms with Crippen molar-refractivity contribution >= 4 is 59.1 Å². The van der Waals surface area contributed by atoms with Crippen LogP contribution in [0.5, 0.6) is 0 Å².